The van der Waals surface area contributed by atoms with Crippen LogP contribution in [0.1, 0.15) is 36.5 Å². The van der Waals surface area contributed by atoms with Crippen molar-refractivity contribution < 1.29 is 18.3 Å². The molecule has 8 heteroatoms. The molecule has 0 saturated carbocycles. The lowest BCUT2D eigenvalue weighted by molar-refractivity contribution is 0.0725. The Bertz CT molecular complexity index is 681. The van der Waals surface area contributed by atoms with Crippen molar-refractivity contribution >= 4 is 27.7 Å². The molecule has 1 aromatic rings. The highest BCUT2D eigenvalue weighted by molar-refractivity contribution is 7.98. The summed E-state index contributed by atoms with van der Waals surface area (Å²) in [6, 6.07) is 5.96. The van der Waals surface area contributed by atoms with Gasteiger partial charge in [0.1, 0.15) is 0 Å². The van der Waals surface area contributed by atoms with E-state index in [0.717, 1.165) is 19.3 Å². The summed E-state index contributed by atoms with van der Waals surface area (Å²) < 4.78 is 26.7. The first-order valence-electron chi connectivity index (χ1n) is 8.36. The van der Waals surface area contributed by atoms with Crippen LogP contribution < -0.4 is 5.32 Å². The Morgan fingerprint density at radius 2 is 1.84 bits per heavy atom. The van der Waals surface area contributed by atoms with Crippen LogP contribution in [-0.2, 0) is 10.0 Å². The zero-order valence-corrected chi connectivity index (χ0v) is 16.3. The van der Waals surface area contributed by atoms with E-state index < -0.39 is 15.6 Å². The van der Waals surface area contributed by atoms with E-state index in [-0.39, 0.29) is 17.3 Å². The maximum absolute atomic E-state index is 12.6. The van der Waals surface area contributed by atoms with Gasteiger partial charge in [-0.3, -0.25) is 4.79 Å². The molecule has 6 nitrogen and oxygen atoms in total. The lowest BCUT2D eigenvalue weighted by atomic mass is 10.1. The fourth-order valence-electron chi connectivity index (χ4n) is 2.77. The van der Waals surface area contributed by atoms with E-state index in [1.54, 1.807) is 6.92 Å². The maximum Gasteiger partial charge on any atom is 0.251 e. The van der Waals surface area contributed by atoms with Crippen molar-refractivity contribution in [1.29, 1.82) is 0 Å². The highest BCUT2D eigenvalue weighted by Crippen LogP contribution is 2.21. The van der Waals surface area contributed by atoms with E-state index in [4.69, 9.17) is 0 Å². The second kappa shape index (κ2) is 8.53. The van der Waals surface area contributed by atoms with E-state index in [1.807, 2.05) is 6.26 Å². The number of hydrogen-bond donors (Lipinski definition) is 2. The number of carbonyl (C=O) groups is 1. The van der Waals surface area contributed by atoms with Crippen molar-refractivity contribution in [3.05, 3.63) is 29.8 Å². The number of piperidine rings is 1. The van der Waals surface area contributed by atoms with Gasteiger partial charge in [-0.05, 0) is 50.3 Å². The SMILES string of the molecule is CSCC(C)(O)CNC(=O)c1ccc(S(=O)(=O)N2CCCCC2)cc1. The Balaban J connectivity index is 2.02. The third kappa shape index (κ3) is 5.44. The Hall–Kier alpha value is -1.09. The number of nitrogens with one attached hydrogen (secondary N) is 1. The molecule has 1 saturated heterocycles. The summed E-state index contributed by atoms with van der Waals surface area (Å²) in [5.41, 5.74) is -0.607. The molecule has 1 heterocycles. The van der Waals surface area contributed by atoms with Gasteiger partial charge in [0.2, 0.25) is 10.0 Å². The number of benzene rings is 1. The van der Waals surface area contributed by atoms with Crippen LogP contribution in [0, 0.1) is 0 Å². The van der Waals surface area contributed by atoms with Crippen molar-refractivity contribution in [2.45, 2.75) is 36.7 Å². The molecule has 1 aliphatic rings. The van der Waals surface area contributed by atoms with E-state index >= 15 is 0 Å². The van der Waals surface area contributed by atoms with Crippen LogP contribution in [0.15, 0.2) is 29.2 Å². The molecule has 0 bridgehead atoms. The van der Waals surface area contributed by atoms with Gasteiger partial charge in [0.25, 0.3) is 5.91 Å². The zero-order chi connectivity index (χ0) is 18.5. The van der Waals surface area contributed by atoms with E-state index in [1.165, 1.54) is 40.3 Å². The highest BCUT2D eigenvalue weighted by atomic mass is 32.2. The van der Waals surface area contributed by atoms with Gasteiger partial charge in [-0.2, -0.15) is 16.1 Å². The number of carbonyl (C=O) groups excluding carboxylic acids is 1. The van der Waals surface area contributed by atoms with Crippen molar-refractivity contribution in [2.24, 2.45) is 0 Å². The van der Waals surface area contributed by atoms with Crippen molar-refractivity contribution in [1.82, 2.24) is 9.62 Å². The Morgan fingerprint density at radius 1 is 1.24 bits per heavy atom. The van der Waals surface area contributed by atoms with Gasteiger partial charge >= 0.3 is 0 Å². The monoisotopic (exact) mass is 386 g/mol. The number of aliphatic hydroxyl groups is 1. The molecule has 1 aromatic carbocycles. The van der Waals surface area contributed by atoms with Gasteiger partial charge < -0.3 is 10.4 Å². The molecule has 1 aliphatic heterocycles. The minimum Gasteiger partial charge on any atom is -0.387 e. The molecule has 0 aliphatic carbocycles. The van der Waals surface area contributed by atoms with Crippen LogP contribution >= 0.6 is 11.8 Å². The van der Waals surface area contributed by atoms with Crippen LogP contribution in [0.3, 0.4) is 0 Å². The summed E-state index contributed by atoms with van der Waals surface area (Å²) in [5.74, 6) is 0.184. The van der Waals surface area contributed by atoms with E-state index in [0.29, 0.717) is 24.4 Å². The van der Waals surface area contributed by atoms with Crippen LogP contribution in [0.25, 0.3) is 0 Å². The lowest BCUT2D eigenvalue weighted by Crippen LogP contribution is -2.42. The average molecular weight is 387 g/mol. The van der Waals surface area contributed by atoms with Crippen molar-refractivity contribution in [3.63, 3.8) is 0 Å². The maximum atomic E-state index is 12.6. The molecule has 1 fully saturated rings. The van der Waals surface area contributed by atoms with Gasteiger partial charge in [-0.15, -0.1) is 0 Å². The Labute approximate surface area is 154 Å². The molecule has 2 rings (SSSR count). The molecule has 1 atom stereocenters. The van der Waals surface area contributed by atoms with Gasteiger partial charge in [-0.1, -0.05) is 6.42 Å². The second-order valence-corrected chi connectivity index (χ2v) is 9.41. The topological polar surface area (TPSA) is 86.7 Å². The van der Waals surface area contributed by atoms with Crippen LogP contribution in [0.4, 0.5) is 0 Å². The number of hydrogen-bond acceptors (Lipinski definition) is 5. The van der Waals surface area contributed by atoms with Gasteiger partial charge in [0.15, 0.2) is 0 Å². The Morgan fingerprint density at radius 3 is 2.40 bits per heavy atom. The summed E-state index contributed by atoms with van der Waals surface area (Å²) in [5, 5.41) is 12.8. The number of amides is 1. The molecule has 140 valence electrons. The summed E-state index contributed by atoms with van der Waals surface area (Å²) in [4.78, 5) is 12.4. The molecule has 1 amide bonds. The van der Waals surface area contributed by atoms with Crippen molar-refractivity contribution in [3.8, 4) is 0 Å². The molecule has 0 spiro atoms. The van der Waals surface area contributed by atoms with Crippen LogP contribution in [-0.4, -0.2) is 61.0 Å². The first-order valence-corrected chi connectivity index (χ1v) is 11.2. The highest BCUT2D eigenvalue weighted by Gasteiger charge is 2.26. The predicted molar refractivity (Wildman–Crippen MR) is 100 cm³/mol. The number of nitrogens with zero attached hydrogens (tertiary/aromatic N) is 1. The van der Waals surface area contributed by atoms with Crippen LogP contribution in [0.5, 0.6) is 0 Å². The largest absolute Gasteiger partial charge is 0.387 e. The van der Waals surface area contributed by atoms with E-state index in [9.17, 15) is 18.3 Å². The third-order valence-corrected chi connectivity index (χ3v) is 6.98. The molecular formula is C17H26N2O4S2. The van der Waals surface area contributed by atoms with Gasteiger partial charge in [-0.25, -0.2) is 8.42 Å². The number of sulfonamides is 1. The molecule has 0 aromatic heterocycles. The summed E-state index contributed by atoms with van der Waals surface area (Å²) in [6.07, 6.45) is 4.72. The molecule has 2 N–H and O–H groups in total. The van der Waals surface area contributed by atoms with E-state index in [2.05, 4.69) is 5.32 Å². The first-order chi connectivity index (χ1) is 11.8. The third-order valence-electron chi connectivity index (χ3n) is 4.15. The predicted octanol–water partition coefficient (Wildman–Crippen LogP) is 1.70. The summed E-state index contributed by atoms with van der Waals surface area (Å²) >= 11 is 1.50. The molecule has 0 radical (unpaired) electrons. The standard InChI is InChI=1S/C17H26N2O4S2/c1-17(21,13-24-2)12-18-16(20)14-6-8-15(9-7-14)25(22,23)19-10-4-3-5-11-19/h6-9,21H,3-5,10-13H2,1-2H3,(H,18,20). The quantitative estimate of drug-likeness (QED) is 0.745. The number of thioether (sulfide) groups is 1. The minimum atomic E-state index is -3.49. The second-order valence-electron chi connectivity index (χ2n) is 6.60. The zero-order valence-electron chi connectivity index (χ0n) is 14.7. The van der Waals surface area contributed by atoms with Gasteiger partial charge in [0, 0.05) is 31.0 Å². The minimum absolute atomic E-state index is 0.139. The summed E-state index contributed by atoms with van der Waals surface area (Å²) in [6.45, 7) is 2.91. The summed E-state index contributed by atoms with van der Waals surface area (Å²) in [7, 11) is -3.49. The van der Waals surface area contributed by atoms with Crippen LogP contribution in [0.2, 0.25) is 0 Å². The van der Waals surface area contributed by atoms with Gasteiger partial charge in [0.05, 0.1) is 10.5 Å². The fourth-order valence-corrected chi connectivity index (χ4v) is 5.01. The molecular weight excluding hydrogens is 360 g/mol. The lowest BCUT2D eigenvalue weighted by Gasteiger charge is -2.26. The first kappa shape index (κ1) is 20.2. The fraction of sp³-hybridized carbons (Fsp3) is 0.588. The average Bonchev–Trinajstić information content (AvgIpc) is 2.60. The molecule has 1 unspecified atom stereocenters. The number of rotatable bonds is 7. The smallest absolute Gasteiger partial charge is 0.251 e. The van der Waals surface area contributed by atoms with Crippen molar-refractivity contribution in [2.75, 3.05) is 31.6 Å². The Kier molecular flexibility index (Phi) is 6.90. The normalized spacial score (nSPS) is 18.5. The molecule has 25 heavy (non-hydrogen) atoms.